The van der Waals surface area contributed by atoms with E-state index in [-0.39, 0.29) is 11.8 Å². The van der Waals surface area contributed by atoms with E-state index in [9.17, 15) is 9.59 Å². The summed E-state index contributed by atoms with van der Waals surface area (Å²) in [5.74, 6) is 0.671. The lowest BCUT2D eigenvalue weighted by Gasteiger charge is -2.28. The van der Waals surface area contributed by atoms with Crippen LogP contribution in [-0.2, 0) is 16.1 Å². The number of carbonyl (C=O) groups is 2. The minimum atomic E-state index is -0.511. The molecule has 28 heavy (non-hydrogen) atoms. The Morgan fingerprint density at radius 1 is 1.11 bits per heavy atom. The normalized spacial score (nSPS) is 11.7. The molecule has 0 heterocycles. The molecule has 2 amide bonds. The first-order valence-corrected chi connectivity index (χ1v) is 10.7. The van der Waals surface area contributed by atoms with Gasteiger partial charge in [-0.1, -0.05) is 41.4 Å². The summed E-state index contributed by atoms with van der Waals surface area (Å²) < 4.78 is 0. The summed E-state index contributed by atoms with van der Waals surface area (Å²) in [6.07, 6.45) is 1.16. The highest BCUT2D eigenvalue weighted by Crippen LogP contribution is 2.22. The number of hydrogen-bond acceptors (Lipinski definition) is 3. The maximum absolute atomic E-state index is 12.9. The maximum Gasteiger partial charge on any atom is 0.242 e. The molecule has 0 saturated heterocycles. The molecule has 6 heteroatoms. The number of rotatable bonds is 9. The number of likely N-dealkylation sites (N-methyl/N-ethyl adjacent to an activating group) is 1. The van der Waals surface area contributed by atoms with Crippen molar-refractivity contribution >= 4 is 35.2 Å². The summed E-state index contributed by atoms with van der Waals surface area (Å²) in [5, 5.41) is 3.36. The van der Waals surface area contributed by atoms with Gasteiger partial charge in [0.1, 0.15) is 6.04 Å². The molecule has 0 fully saturated rings. The van der Waals surface area contributed by atoms with Gasteiger partial charge in [0.05, 0.1) is 0 Å². The zero-order valence-electron chi connectivity index (χ0n) is 16.6. The van der Waals surface area contributed by atoms with Crippen LogP contribution in [0.2, 0.25) is 5.02 Å². The first-order valence-electron chi connectivity index (χ1n) is 9.35. The highest BCUT2D eigenvalue weighted by atomic mass is 35.5. The summed E-state index contributed by atoms with van der Waals surface area (Å²) in [5.41, 5.74) is 2.19. The summed E-state index contributed by atoms with van der Waals surface area (Å²) in [6.45, 7) is 4.23. The number of benzene rings is 2. The van der Waals surface area contributed by atoms with Gasteiger partial charge in [0.2, 0.25) is 11.8 Å². The predicted octanol–water partition coefficient (Wildman–Crippen LogP) is 4.68. The fourth-order valence-electron chi connectivity index (χ4n) is 2.77. The van der Waals surface area contributed by atoms with Gasteiger partial charge in [-0.15, -0.1) is 11.8 Å². The van der Waals surface area contributed by atoms with Gasteiger partial charge in [-0.3, -0.25) is 9.59 Å². The molecule has 0 bridgehead atoms. The Kier molecular flexibility index (Phi) is 8.87. The molecule has 0 unspecified atom stereocenters. The standard InChI is InChI=1S/C22H27ClN2O2S/c1-16-6-8-18(9-7-16)15-25(17(2)22(27)24-3)21(26)5-4-14-28-20-12-10-19(23)11-13-20/h6-13,17H,4-5,14-15H2,1-3H3,(H,24,27)/t17-/m1/s1. The first-order chi connectivity index (χ1) is 13.4. The van der Waals surface area contributed by atoms with Crippen LogP contribution in [0.15, 0.2) is 53.4 Å². The quantitative estimate of drug-likeness (QED) is 0.475. The van der Waals surface area contributed by atoms with E-state index >= 15 is 0 Å². The predicted molar refractivity (Wildman–Crippen MR) is 117 cm³/mol. The lowest BCUT2D eigenvalue weighted by atomic mass is 10.1. The first kappa shape index (κ1) is 22.3. The fraction of sp³-hybridized carbons (Fsp3) is 0.364. The molecule has 4 nitrogen and oxygen atoms in total. The molecular formula is C22H27ClN2O2S. The van der Waals surface area contributed by atoms with Gasteiger partial charge in [-0.2, -0.15) is 0 Å². The Hall–Kier alpha value is -1.98. The number of amides is 2. The largest absolute Gasteiger partial charge is 0.357 e. The number of hydrogen-bond donors (Lipinski definition) is 1. The second-order valence-corrected chi connectivity index (χ2v) is 8.31. The Morgan fingerprint density at radius 3 is 2.36 bits per heavy atom. The van der Waals surface area contributed by atoms with Crippen LogP contribution in [0.5, 0.6) is 0 Å². The van der Waals surface area contributed by atoms with Crippen molar-refractivity contribution in [2.45, 2.75) is 44.2 Å². The van der Waals surface area contributed by atoms with Crippen LogP contribution < -0.4 is 5.32 Å². The van der Waals surface area contributed by atoms with Crippen LogP contribution in [0.4, 0.5) is 0 Å². The van der Waals surface area contributed by atoms with Crippen LogP contribution in [0.1, 0.15) is 30.9 Å². The monoisotopic (exact) mass is 418 g/mol. The molecule has 1 N–H and O–H groups in total. The van der Waals surface area contributed by atoms with E-state index in [0.29, 0.717) is 13.0 Å². The molecular weight excluding hydrogens is 392 g/mol. The maximum atomic E-state index is 12.9. The number of thioether (sulfide) groups is 1. The molecule has 0 saturated carbocycles. The Labute approximate surface area is 176 Å². The molecule has 0 aliphatic rings. The van der Waals surface area contributed by atoms with Crippen LogP contribution in [-0.4, -0.2) is 35.6 Å². The summed E-state index contributed by atoms with van der Waals surface area (Å²) in [6, 6.07) is 15.2. The second kappa shape index (κ2) is 11.1. The molecule has 0 radical (unpaired) electrons. The summed E-state index contributed by atoms with van der Waals surface area (Å²) in [7, 11) is 1.59. The van der Waals surface area contributed by atoms with E-state index in [1.807, 2.05) is 55.5 Å². The van der Waals surface area contributed by atoms with Crippen molar-refractivity contribution in [3.05, 3.63) is 64.7 Å². The lowest BCUT2D eigenvalue weighted by molar-refractivity contribution is -0.140. The molecule has 0 aliphatic carbocycles. The van der Waals surface area contributed by atoms with Crippen LogP contribution >= 0.6 is 23.4 Å². The smallest absolute Gasteiger partial charge is 0.242 e. The third-order valence-corrected chi connectivity index (χ3v) is 5.85. The Balaban J connectivity index is 1.94. The third-order valence-electron chi connectivity index (χ3n) is 4.50. The molecule has 0 aliphatic heterocycles. The molecule has 1 atom stereocenters. The Morgan fingerprint density at radius 2 is 1.75 bits per heavy atom. The topological polar surface area (TPSA) is 49.4 Å². The zero-order chi connectivity index (χ0) is 20.5. The average molecular weight is 419 g/mol. The molecule has 2 rings (SSSR count). The highest BCUT2D eigenvalue weighted by molar-refractivity contribution is 7.99. The lowest BCUT2D eigenvalue weighted by Crippen LogP contribution is -2.46. The van der Waals surface area contributed by atoms with Crippen LogP contribution in [0, 0.1) is 6.92 Å². The zero-order valence-corrected chi connectivity index (χ0v) is 18.1. The van der Waals surface area contributed by atoms with E-state index in [1.54, 1.807) is 30.6 Å². The van der Waals surface area contributed by atoms with Crippen molar-refractivity contribution in [1.29, 1.82) is 0 Å². The fourth-order valence-corrected chi connectivity index (χ4v) is 3.75. The van der Waals surface area contributed by atoms with E-state index in [0.717, 1.165) is 27.7 Å². The molecule has 2 aromatic carbocycles. The SMILES string of the molecule is CNC(=O)[C@@H](C)N(Cc1ccc(C)cc1)C(=O)CCCSc1ccc(Cl)cc1. The average Bonchev–Trinajstić information content (AvgIpc) is 2.70. The van der Waals surface area contributed by atoms with Gasteiger partial charge in [0.15, 0.2) is 0 Å². The van der Waals surface area contributed by atoms with Crippen LogP contribution in [0.3, 0.4) is 0 Å². The van der Waals surface area contributed by atoms with Crippen molar-refractivity contribution < 1.29 is 9.59 Å². The highest BCUT2D eigenvalue weighted by Gasteiger charge is 2.25. The van der Waals surface area contributed by atoms with E-state index in [2.05, 4.69) is 5.32 Å². The van der Waals surface area contributed by atoms with E-state index < -0.39 is 6.04 Å². The summed E-state index contributed by atoms with van der Waals surface area (Å²) in [4.78, 5) is 27.8. The van der Waals surface area contributed by atoms with Gasteiger partial charge in [-0.25, -0.2) is 0 Å². The van der Waals surface area contributed by atoms with Gasteiger partial charge in [-0.05, 0) is 55.9 Å². The van der Waals surface area contributed by atoms with Crippen molar-refractivity contribution in [3.8, 4) is 0 Å². The van der Waals surface area contributed by atoms with Crippen molar-refractivity contribution in [2.75, 3.05) is 12.8 Å². The molecule has 2 aromatic rings. The van der Waals surface area contributed by atoms with Crippen LogP contribution in [0.25, 0.3) is 0 Å². The number of nitrogens with one attached hydrogen (secondary N) is 1. The minimum Gasteiger partial charge on any atom is -0.357 e. The molecule has 150 valence electrons. The molecule has 0 aromatic heterocycles. The number of carbonyl (C=O) groups excluding carboxylic acids is 2. The number of aryl methyl sites for hydroxylation is 1. The minimum absolute atomic E-state index is 0.00613. The van der Waals surface area contributed by atoms with Gasteiger partial charge in [0, 0.05) is 29.9 Å². The number of halogens is 1. The molecule has 0 spiro atoms. The number of nitrogens with zero attached hydrogens (tertiary/aromatic N) is 1. The summed E-state index contributed by atoms with van der Waals surface area (Å²) >= 11 is 7.60. The third kappa shape index (κ3) is 6.88. The van der Waals surface area contributed by atoms with Gasteiger partial charge >= 0.3 is 0 Å². The van der Waals surface area contributed by atoms with E-state index in [1.165, 1.54) is 5.56 Å². The Bertz CT molecular complexity index is 778. The van der Waals surface area contributed by atoms with Crippen molar-refractivity contribution in [2.24, 2.45) is 0 Å². The van der Waals surface area contributed by atoms with Crippen molar-refractivity contribution in [3.63, 3.8) is 0 Å². The second-order valence-electron chi connectivity index (χ2n) is 6.70. The van der Waals surface area contributed by atoms with Gasteiger partial charge in [0.25, 0.3) is 0 Å². The van der Waals surface area contributed by atoms with Crippen molar-refractivity contribution in [1.82, 2.24) is 10.2 Å². The van der Waals surface area contributed by atoms with Gasteiger partial charge < -0.3 is 10.2 Å². The van der Waals surface area contributed by atoms with E-state index in [4.69, 9.17) is 11.6 Å².